The lowest BCUT2D eigenvalue weighted by molar-refractivity contribution is -0.129. The van der Waals surface area contributed by atoms with Crippen molar-refractivity contribution >= 4 is 17.7 Å². The Kier molecular flexibility index (Phi) is 5.85. The van der Waals surface area contributed by atoms with Gasteiger partial charge in [-0.3, -0.25) is 9.36 Å². The minimum Gasteiger partial charge on any atom is -0.469 e. The van der Waals surface area contributed by atoms with Crippen LogP contribution in [0.1, 0.15) is 29.4 Å². The lowest BCUT2D eigenvalue weighted by Gasteiger charge is -2.23. The summed E-state index contributed by atoms with van der Waals surface area (Å²) in [4.78, 5) is 15.3. The number of aromatic nitrogens is 3. The van der Waals surface area contributed by atoms with E-state index >= 15 is 0 Å². The van der Waals surface area contributed by atoms with Crippen LogP contribution in [0.2, 0.25) is 0 Å². The predicted molar refractivity (Wildman–Crippen MR) is 114 cm³/mol. The zero-order chi connectivity index (χ0) is 20.2. The summed E-state index contributed by atoms with van der Waals surface area (Å²) in [6.45, 7) is 7.97. The van der Waals surface area contributed by atoms with Gasteiger partial charge in [0, 0.05) is 19.6 Å². The van der Waals surface area contributed by atoms with Crippen LogP contribution in [0.3, 0.4) is 0 Å². The Labute approximate surface area is 174 Å². The molecule has 1 fully saturated rings. The van der Waals surface area contributed by atoms with Crippen molar-refractivity contribution in [2.24, 2.45) is 0 Å². The van der Waals surface area contributed by atoms with Gasteiger partial charge in [0.25, 0.3) is 0 Å². The summed E-state index contributed by atoms with van der Waals surface area (Å²) in [5.74, 6) is 1.64. The van der Waals surface area contributed by atoms with Crippen LogP contribution in [-0.2, 0) is 11.3 Å². The van der Waals surface area contributed by atoms with Crippen LogP contribution in [0.5, 0.6) is 0 Å². The smallest absolute Gasteiger partial charge is 0.240 e. The number of carbonyl (C=O) groups excluding carboxylic acids is 1. The highest BCUT2D eigenvalue weighted by Crippen LogP contribution is 2.38. The highest BCUT2D eigenvalue weighted by molar-refractivity contribution is 8.00. The molecule has 1 unspecified atom stereocenters. The number of hydrogen-bond acceptors (Lipinski definition) is 5. The van der Waals surface area contributed by atoms with Crippen molar-refractivity contribution in [3.8, 4) is 11.4 Å². The number of amides is 1. The Bertz CT molecular complexity index is 989. The first-order chi connectivity index (χ1) is 14.2. The van der Waals surface area contributed by atoms with Crippen LogP contribution in [0.4, 0.5) is 0 Å². The van der Waals surface area contributed by atoms with Gasteiger partial charge in [0.2, 0.25) is 5.91 Å². The Morgan fingerprint density at radius 1 is 1.24 bits per heavy atom. The fourth-order valence-electron chi connectivity index (χ4n) is 3.58. The molecule has 0 radical (unpaired) electrons. The fourth-order valence-corrected chi connectivity index (χ4v) is 4.71. The van der Waals surface area contributed by atoms with Crippen molar-refractivity contribution in [2.45, 2.75) is 36.7 Å². The van der Waals surface area contributed by atoms with E-state index in [0.717, 1.165) is 48.6 Å². The minimum absolute atomic E-state index is 0.132. The molecular weight excluding hydrogens is 384 g/mol. The van der Waals surface area contributed by atoms with Crippen molar-refractivity contribution in [2.75, 3.05) is 13.1 Å². The normalized spacial score (nSPS) is 14.9. The van der Waals surface area contributed by atoms with Crippen LogP contribution >= 0.6 is 11.8 Å². The van der Waals surface area contributed by atoms with Gasteiger partial charge in [0.05, 0.1) is 11.8 Å². The van der Waals surface area contributed by atoms with Gasteiger partial charge < -0.3 is 9.32 Å². The molecule has 0 aliphatic carbocycles. The van der Waals surface area contributed by atoms with E-state index in [2.05, 4.69) is 16.8 Å². The average molecular weight is 409 g/mol. The number of nitrogens with zero attached hydrogens (tertiary/aromatic N) is 4. The molecule has 2 aromatic heterocycles. The Morgan fingerprint density at radius 2 is 2.00 bits per heavy atom. The zero-order valence-electron chi connectivity index (χ0n) is 16.5. The molecule has 0 bridgehead atoms. The number of benzene rings is 1. The van der Waals surface area contributed by atoms with Gasteiger partial charge in [0.15, 0.2) is 11.0 Å². The summed E-state index contributed by atoms with van der Waals surface area (Å²) in [5.41, 5.74) is 1.87. The van der Waals surface area contributed by atoms with Gasteiger partial charge >= 0.3 is 0 Å². The summed E-state index contributed by atoms with van der Waals surface area (Å²) in [6.07, 6.45) is 5.59. The molecule has 1 atom stereocenters. The highest BCUT2D eigenvalue weighted by atomic mass is 32.2. The Hall–Kier alpha value is -2.80. The number of carbonyl (C=O) groups is 1. The average Bonchev–Trinajstić information content (AvgIpc) is 3.48. The van der Waals surface area contributed by atoms with E-state index in [4.69, 9.17) is 4.42 Å². The molecule has 1 saturated heterocycles. The fraction of sp³-hybridized carbons (Fsp3) is 0.318. The maximum absolute atomic E-state index is 13.3. The number of rotatable bonds is 7. The molecular formula is C22H24N4O2S. The van der Waals surface area contributed by atoms with E-state index in [0.29, 0.717) is 11.7 Å². The van der Waals surface area contributed by atoms with Crippen molar-refractivity contribution < 1.29 is 9.21 Å². The number of furan rings is 1. The number of allylic oxidation sites excluding steroid dienone is 1. The quantitative estimate of drug-likeness (QED) is 0.426. The molecule has 29 heavy (non-hydrogen) atoms. The second-order valence-electron chi connectivity index (χ2n) is 7.04. The first kappa shape index (κ1) is 19.5. The van der Waals surface area contributed by atoms with Gasteiger partial charge in [-0.2, -0.15) is 0 Å². The van der Waals surface area contributed by atoms with Crippen LogP contribution in [0, 0.1) is 6.92 Å². The third kappa shape index (κ3) is 4.00. The highest BCUT2D eigenvalue weighted by Gasteiger charge is 2.31. The summed E-state index contributed by atoms with van der Waals surface area (Å²) < 4.78 is 7.43. The molecule has 3 heterocycles. The standard InChI is InChI=1S/C22H24N4O2S/c1-3-12-26-20(18-11-15-28-16(18)2)23-24-22(26)29-19(17-9-5-4-6-10-17)21(27)25-13-7-8-14-25/h3-6,9-11,15,19H,1,7-8,12-14H2,2H3. The molecule has 1 aromatic carbocycles. The van der Waals surface area contributed by atoms with Gasteiger partial charge in [-0.25, -0.2) is 0 Å². The molecule has 4 rings (SSSR count). The third-order valence-electron chi connectivity index (χ3n) is 5.10. The first-order valence-electron chi connectivity index (χ1n) is 9.78. The van der Waals surface area contributed by atoms with Crippen LogP contribution in [0.25, 0.3) is 11.4 Å². The number of thioether (sulfide) groups is 1. The molecule has 0 N–H and O–H groups in total. The van der Waals surface area contributed by atoms with E-state index in [-0.39, 0.29) is 11.2 Å². The summed E-state index contributed by atoms with van der Waals surface area (Å²) >= 11 is 1.45. The Balaban J connectivity index is 1.70. The maximum atomic E-state index is 13.3. The van der Waals surface area contributed by atoms with E-state index in [1.54, 1.807) is 6.26 Å². The topological polar surface area (TPSA) is 64.2 Å². The van der Waals surface area contributed by atoms with Crippen LogP contribution in [0.15, 0.2) is 64.9 Å². The number of hydrogen-bond donors (Lipinski definition) is 0. The minimum atomic E-state index is -0.361. The maximum Gasteiger partial charge on any atom is 0.240 e. The van der Waals surface area contributed by atoms with Gasteiger partial charge in [-0.1, -0.05) is 48.2 Å². The van der Waals surface area contributed by atoms with Crippen LogP contribution < -0.4 is 0 Å². The summed E-state index contributed by atoms with van der Waals surface area (Å²) in [7, 11) is 0. The largest absolute Gasteiger partial charge is 0.469 e. The molecule has 1 amide bonds. The van der Waals surface area contributed by atoms with E-state index in [1.165, 1.54) is 11.8 Å². The monoisotopic (exact) mass is 408 g/mol. The summed E-state index contributed by atoms with van der Waals surface area (Å²) in [5, 5.41) is 9.16. The number of aryl methyl sites for hydroxylation is 1. The number of likely N-dealkylation sites (tertiary alicyclic amines) is 1. The van der Waals surface area contributed by atoms with Crippen molar-refractivity contribution in [3.63, 3.8) is 0 Å². The second-order valence-corrected chi connectivity index (χ2v) is 8.11. The third-order valence-corrected chi connectivity index (χ3v) is 6.32. The lowest BCUT2D eigenvalue weighted by Crippen LogP contribution is -2.31. The van der Waals surface area contributed by atoms with Crippen molar-refractivity contribution in [3.05, 3.63) is 66.6 Å². The van der Waals surface area contributed by atoms with Crippen molar-refractivity contribution in [1.82, 2.24) is 19.7 Å². The molecule has 3 aromatic rings. The first-order valence-corrected chi connectivity index (χ1v) is 10.7. The lowest BCUT2D eigenvalue weighted by atomic mass is 10.1. The van der Waals surface area contributed by atoms with Crippen LogP contribution in [-0.4, -0.2) is 38.7 Å². The molecule has 0 spiro atoms. The molecule has 150 valence electrons. The Morgan fingerprint density at radius 3 is 2.66 bits per heavy atom. The molecule has 7 heteroatoms. The van der Waals surface area contributed by atoms with Gasteiger partial charge in [-0.05, 0) is 31.4 Å². The van der Waals surface area contributed by atoms with Gasteiger partial charge in [-0.15, -0.1) is 16.8 Å². The summed E-state index contributed by atoms with van der Waals surface area (Å²) in [6, 6.07) is 11.8. The van der Waals surface area contributed by atoms with E-state index < -0.39 is 0 Å². The van der Waals surface area contributed by atoms with E-state index in [1.807, 2.05) is 58.9 Å². The van der Waals surface area contributed by atoms with Crippen molar-refractivity contribution in [1.29, 1.82) is 0 Å². The van der Waals surface area contributed by atoms with Gasteiger partial charge in [0.1, 0.15) is 11.0 Å². The molecule has 6 nitrogen and oxygen atoms in total. The predicted octanol–water partition coefficient (Wildman–Crippen LogP) is 4.49. The zero-order valence-corrected chi connectivity index (χ0v) is 17.3. The SMILES string of the molecule is C=CCn1c(SC(C(=O)N2CCCC2)c2ccccc2)nnc1-c1ccoc1C. The molecule has 0 saturated carbocycles. The molecule has 1 aliphatic heterocycles. The second kappa shape index (κ2) is 8.69. The molecule has 1 aliphatic rings. The van der Waals surface area contributed by atoms with E-state index in [9.17, 15) is 4.79 Å².